The van der Waals surface area contributed by atoms with Gasteiger partial charge in [-0.1, -0.05) is 72.8 Å². The van der Waals surface area contributed by atoms with E-state index in [2.05, 4.69) is 0 Å². The molecule has 7 nitrogen and oxygen atoms in total. The average molecular weight is 428 g/mol. The molecule has 1 aliphatic heterocycles. The van der Waals surface area contributed by atoms with Crippen molar-refractivity contribution in [3.05, 3.63) is 117 Å². The number of non-ortho nitro benzene ring substituents is 1. The van der Waals surface area contributed by atoms with Gasteiger partial charge in [-0.15, -0.1) is 0 Å². The van der Waals surface area contributed by atoms with Crippen molar-refractivity contribution in [1.29, 1.82) is 0 Å². The van der Waals surface area contributed by atoms with E-state index in [1.807, 2.05) is 30.3 Å². The number of carbonyl (C=O) groups is 2. The summed E-state index contributed by atoms with van der Waals surface area (Å²) >= 11 is 0. The van der Waals surface area contributed by atoms with Crippen LogP contribution in [0.1, 0.15) is 22.7 Å². The molecule has 3 aromatic carbocycles. The zero-order chi connectivity index (χ0) is 22.7. The molecule has 1 saturated heterocycles. The van der Waals surface area contributed by atoms with E-state index in [9.17, 15) is 24.8 Å². The summed E-state index contributed by atoms with van der Waals surface area (Å²) in [7, 11) is 0. The first-order valence-electron chi connectivity index (χ1n) is 10.1. The Labute approximate surface area is 184 Å². The number of amides is 1. The number of likely N-dealkylation sites (tertiary alicyclic amines) is 1. The normalized spacial score (nSPS) is 17.5. The summed E-state index contributed by atoms with van der Waals surface area (Å²) < 4.78 is 0. The third kappa shape index (κ3) is 4.00. The summed E-state index contributed by atoms with van der Waals surface area (Å²) in [5, 5.41) is 22.3. The molecule has 0 aromatic heterocycles. The fourth-order valence-corrected chi connectivity index (χ4v) is 3.91. The molecule has 1 amide bonds. The number of nitrogens with zero attached hydrogens (tertiary/aromatic N) is 2. The van der Waals surface area contributed by atoms with Gasteiger partial charge in [-0.25, -0.2) is 0 Å². The van der Waals surface area contributed by atoms with Gasteiger partial charge in [0, 0.05) is 24.2 Å². The Morgan fingerprint density at radius 1 is 0.938 bits per heavy atom. The number of ketones is 1. The van der Waals surface area contributed by atoms with Gasteiger partial charge in [0.25, 0.3) is 17.4 Å². The van der Waals surface area contributed by atoms with Crippen LogP contribution in [0.15, 0.2) is 90.5 Å². The molecule has 0 aliphatic carbocycles. The van der Waals surface area contributed by atoms with Crippen molar-refractivity contribution in [2.24, 2.45) is 0 Å². The number of benzene rings is 3. The molecule has 3 aromatic rings. The van der Waals surface area contributed by atoms with Gasteiger partial charge in [-0.2, -0.15) is 0 Å². The van der Waals surface area contributed by atoms with Crippen molar-refractivity contribution in [2.45, 2.75) is 12.5 Å². The highest BCUT2D eigenvalue weighted by Gasteiger charge is 2.46. The predicted octanol–water partition coefficient (Wildman–Crippen LogP) is 4.26. The number of aliphatic hydroxyl groups excluding tert-OH is 1. The van der Waals surface area contributed by atoms with Crippen molar-refractivity contribution < 1.29 is 19.6 Å². The van der Waals surface area contributed by atoms with Gasteiger partial charge in [0.15, 0.2) is 0 Å². The van der Waals surface area contributed by atoms with Crippen molar-refractivity contribution in [3.8, 4) is 0 Å². The molecule has 1 aliphatic rings. The molecule has 1 fully saturated rings. The van der Waals surface area contributed by atoms with E-state index in [0.29, 0.717) is 17.5 Å². The Morgan fingerprint density at radius 3 is 2.25 bits per heavy atom. The molecular weight excluding hydrogens is 408 g/mol. The molecule has 1 atom stereocenters. The Hall–Kier alpha value is -4.26. The molecule has 7 heteroatoms. The van der Waals surface area contributed by atoms with Gasteiger partial charge in [-0.3, -0.25) is 19.7 Å². The molecule has 32 heavy (non-hydrogen) atoms. The van der Waals surface area contributed by atoms with Gasteiger partial charge in [0.1, 0.15) is 5.76 Å². The smallest absolute Gasteiger partial charge is 0.295 e. The van der Waals surface area contributed by atoms with Crippen molar-refractivity contribution >= 4 is 23.1 Å². The minimum atomic E-state index is -0.932. The summed E-state index contributed by atoms with van der Waals surface area (Å²) in [6.45, 7) is 0.216. The average Bonchev–Trinajstić information content (AvgIpc) is 3.08. The van der Waals surface area contributed by atoms with Crippen LogP contribution in [0.2, 0.25) is 0 Å². The highest BCUT2D eigenvalue weighted by Crippen LogP contribution is 2.40. The van der Waals surface area contributed by atoms with Crippen LogP contribution in [-0.2, 0) is 16.0 Å². The van der Waals surface area contributed by atoms with Crippen LogP contribution < -0.4 is 0 Å². The van der Waals surface area contributed by atoms with Crippen LogP contribution in [0, 0.1) is 10.1 Å². The summed E-state index contributed by atoms with van der Waals surface area (Å²) in [5.41, 5.74) is 1.54. The molecule has 0 radical (unpaired) electrons. The molecule has 1 N–H and O–H groups in total. The van der Waals surface area contributed by atoms with Gasteiger partial charge in [0.2, 0.25) is 0 Å². The standard InChI is InChI=1S/C25H20N2O5/c28-23(18-10-5-2-6-11-18)21-22(19-12-7-13-20(16-19)27(31)32)26(25(30)24(21)29)15-14-17-8-3-1-4-9-17/h1-13,16,22,28H,14-15H2. The topological polar surface area (TPSA) is 101 Å². The second kappa shape index (κ2) is 8.85. The fraction of sp³-hybridized carbons (Fsp3) is 0.120. The number of carbonyl (C=O) groups excluding carboxylic acids is 2. The lowest BCUT2D eigenvalue weighted by Gasteiger charge is -2.25. The van der Waals surface area contributed by atoms with Crippen LogP contribution in [0.3, 0.4) is 0 Å². The first-order valence-corrected chi connectivity index (χ1v) is 10.1. The Bertz CT molecular complexity index is 1210. The summed E-state index contributed by atoms with van der Waals surface area (Å²) in [5.74, 6) is -1.85. The summed E-state index contributed by atoms with van der Waals surface area (Å²) in [4.78, 5) is 38.1. The minimum absolute atomic E-state index is 0.0743. The van der Waals surface area contributed by atoms with Crippen LogP contribution in [0.4, 0.5) is 5.69 Å². The molecule has 0 spiro atoms. The first-order chi connectivity index (χ1) is 15.5. The highest BCUT2D eigenvalue weighted by atomic mass is 16.6. The fourth-order valence-electron chi connectivity index (χ4n) is 3.91. The van der Waals surface area contributed by atoms with Gasteiger partial charge in [-0.05, 0) is 17.5 Å². The maximum absolute atomic E-state index is 13.0. The predicted molar refractivity (Wildman–Crippen MR) is 119 cm³/mol. The van der Waals surface area contributed by atoms with Gasteiger partial charge >= 0.3 is 0 Å². The Kier molecular flexibility index (Phi) is 5.81. The maximum Gasteiger partial charge on any atom is 0.295 e. The second-order valence-corrected chi connectivity index (χ2v) is 7.45. The number of hydrogen-bond acceptors (Lipinski definition) is 5. The van der Waals surface area contributed by atoms with Crippen LogP contribution in [0.25, 0.3) is 5.76 Å². The zero-order valence-corrected chi connectivity index (χ0v) is 17.0. The quantitative estimate of drug-likeness (QED) is 0.208. The van der Waals surface area contributed by atoms with Crippen molar-refractivity contribution in [1.82, 2.24) is 4.90 Å². The molecule has 1 heterocycles. The van der Waals surface area contributed by atoms with Crippen LogP contribution >= 0.6 is 0 Å². The van der Waals surface area contributed by atoms with E-state index >= 15 is 0 Å². The van der Waals surface area contributed by atoms with E-state index in [1.54, 1.807) is 36.4 Å². The molecule has 0 bridgehead atoms. The lowest BCUT2D eigenvalue weighted by molar-refractivity contribution is -0.384. The second-order valence-electron chi connectivity index (χ2n) is 7.45. The van der Waals surface area contributed by atoms with Crippen LogP contribution in [-0.4, -0.2) is 33.2 Å². The van der Waals surface area contributed by atoms with E-state index in [1.165, 1.54) is 23.1 Å². The van der Waals surface area contributed by atoms with Gasteiger partial charge in [0.05, 0.1) is 16.5 Å². The van der Waals surface area contributed by atoms with Crippen molar-refractivity contribution in [3.63, 3.8) is 0 Å². The number of Topliss-reactive ketones (excluding diaryl/α,β-unsaturated/α-hetero) is 1. The Balaban J connectivity index is 1.81. The molecule has 1 unspecified atom stereocenters. The zero-order valence-electron chi connectivity index (χ0n) is 17.0. The van der Waals surface area contributed by atoms with E-state index in [0.717, 1.165) is 5.56 Å². The Morgan fingerprint density at radius 2 is 1.59 bits per heavy atom. The third-order valence-electron chi connectivity index (χ3n) is 5.47. The lowest BCUT2D eigenvalue weighted by atomic mass is 9.95. The first kappa shape index (κ1) is 21.0. The molecular formula is C25H20N2O5. The summed E-state index contributed by atoms with van der Waals surface area (Å²) in [6.07, 6.45) is 0.491. The summed E-state index contributed by atoms with van der Waals surface area (Å²) in [6, 6.07) is 22.8. The lowest BCUT2D eigenvalue weighted by Crippen LogP contribution is -2.31. The number of aliphatic hydroxyl groups is 1. The number of nitro groups is 1. The molecule has 160 valence electrons. The largest absolute Gasteiger partial charge is 0.507 e. The van der Waals surface area contributed by atoms with Gasteiger partial charge < -0.3 is 10.0 Å². The van der Waals surface area contributed by atoms with E-state index in [-0.39, 0.29) is 23.6 Å². The van der Waals surface area contributed by atoms with Crippen molar-refractivity contribution in [2.75, 3.05) is 6.54 Å². The van der Waals surface area contributed by atoms with Crippen LogP contribution in [0.5, 0.6) is 0 Å². The number of hydrogen-bond donors (Lipinski definition) is 1. The number of rotatable bonds is 6. The highest BCUT2D eigenvalue weighted by molar-refractivity contribution is 6.46. The minimum Gasteiger partial charge on any atom is -0.507 e. The monoisotopic (exact) mass is 428 g/mol. The third-order valence-corrected chi connectivity index (χ3v) is 5.47. The maximum atomic E-state index is 13.0. The molecule has 0 saturated carbocycles. The van der Waals surface area contributed by atoms with E-state index in [4.69, 9.17) is 0 Å². The number of nitro benzene ring substituents is 1. The van der Waals surface area contributed by atoms with E-state index < -0.39 is 22.7 Å². The SMILES string of the molecule is O=C1C(=O)N(CCc2ccccc2)C(c2cccc([N+](=O)[O-])c2)C1=C(O)c1ccccc1. The molecule has 4 rings (SSSR count).